The number of imidazole rings is 1. The molecule has 0 bridgehead atoms. The van der Waals surface area contributed by atoms with E-state index in [0.717, 1.165) is 12.1 Å². The van der Waals surface area contributed by atoms with E-state index in [1.807, 2.05) is 22.9 Å². The number of nitrogen functional groups attached to an aromatic ring is 1. The molecule has 13 heavy (non-hydrogen) atoms. The van der Waals surface area contributed by atoms with Crippen LogP contribution in [0, 0.1) is 0 Å². The quantitative estimate of drug-likeness (QED) is 0.736. The first-order valence-corrected chi connectivity index (χ1v) is 4.01. The molecule has 0 fully saturated rings. The van der Waals surface area contributed by atoms with E-state index in [0.29, 0.717) is 5.82 Å². The number of hydrogen-bond donors (Lipinski definition) is 1. The van der Waals surface area contributed by atoms with Gasteiger partial charge in [0, 0.05) is 25.1 Å². The zero-order chi connectivity index (χ0) is 9.10. The summed E-state index contributed by atoms with van der Waals surface area (Å²) < 4.78 is 1.98. The highest BCUT2D eigenvalue weighted by atomic mass is 15.0. The lowest BCUT2D eigenvalue weighted by Crippen LogP contribution is -1.98. The molecule has 2 heterocycles. The Bertz CT molecular complexity index is 380. The average Bonchev–Trinajstić information content (AvgIpc) is 2.57. The number of pyridine rings is 1. The van der Waals surface area contributed by atoms with E-state index in [4.69, 9.17) is 5.73 Å². The Balaban J connectivity index is 2.19. The van der Waals surface area contributed by atoms with Crippen molar-refractivity contribution < 1.29 is 0 Å². The average molecular weight is 174 g/mol. The van der Waals surface area contributed by atoms with Crippen LogP contribution in [-0.4, -0.2) is 14.5 Å². The first-order valence-electron chi connectivity index (χ1n) is 4.01. The molecule has 0 aliphatic heterocycles. The van der Waals surface area contributed by atoms with Crippen molar-refractivity contribution in [1.82, 2.24) is 14.5 Å². The Morgan fingerprint density at radius 1 is 1.38 bits per heavy atom. The highest BCUT2D eigenvalue weighted by Crippen LogP contribution is 2.04. The summed E-state index contributed by atoms with van der Waals surface area (Å²) in [6.07, 6.45) is 7.15. The fourth-order valence-corrected chi connectivity index (χ4v) is 1.18. The molecule has 2 aromatic rings. The number of anilines is 1. The monoisotopic (exact) mass is 174 g/mol. The van der Waals surface area contributed by atoms with Gasteiger partial charge in [-0.05, 0) is 17.7 Å². The second-order valence-corrected chi connectivity index (χ2v) is 2.82. The Hall–Kier alpha value is -1.84. The molecule has 4 heteroatoms. The van der Waals surface area contributed by atoms with Crippen molar-refractivity contribution in [2.75, 3.05) is 5.73 Å². The van der Waals surface area contributed by atoms with Crippen LogP contribution in [0.5, 0.6) is 0 Å². The Kier molecular flexibility index (Phi) is 1.96. The molecule has 0 saturated carbocycles. The molecule has 0 aliphatic carbocycles. The maximum Gasteiger partial charge on any atom is 0.123 e. The van der Waals surface area contributed by atoms with Crippen molar-refractivity contribution in [3.05, 3.63) is 42.6 Å². The summed E-state index contributed by atoms with van der Waals surface area (Å²) in [5.74, 6) is 0.553. The largest absolute Gasteiger partial charge is 0.384 e. The molecule has 0 atom stereocenters. The molecule has 2 aromatic heterocycles. The molecule has 0 aliphatic rings. The summed E-state index contributed by atoms with van der Waals surface area (Å²) in [7, 11) is 0. The van der Waals surface area contributed by atoms with Crippen molar-refractivity contribution in [2.24, 2.45) is 0 Å². The predicted octanol–water partition coefficient (Wildman–Crippen LogP) is 0.909. The molecule has 4 nitrogen and oxygen atoms in total. The number of nitrogens with zero attached hydrogens (tertiary/aromatic N) is 3. The molecule has 0 radical (unpaired) electrons. The molecular formula is C9H10N4. The topological polar surface area (TPSA) is 56.7 Å². The first-order chi connectivity index (χ1) is 6.34. The van der Waals surface area contributed by atoms with Gasteiger partial charge in [-0.2, -0.15) is 0 Å². The Morgan fingerprint density at radius 2 is 2.31 bits per heavy atom. The minimum Gasteiger partial charge on any atom is -0.384 e. The molecular weight excluding hydrogens is 164 g/mol. The lowest BCUT2D eigenvalue weighted by Gasteiger charge is -2.02. The van der Waals surface area contributed by atoms with E-state index in [1.165, 1.54) is 0 Å². The second-order valence-electron chi connectivity index (χ2n) is 2.82. The Labute approximate surface area is 76.1 Å². The maximum absolute atomic E-state index is 5.55. The Morgan fingerprint density at radius 3 is 3.00 bits per heavy atom. The normalized spacial score (nSPS) is 10.2. The fourth-order valence-electron chi connectivity index (χ4n) is 1.18. The van der Waals surface area contributed by atoms with E-state index in [9.17, 15) is 0 Å². The summed E-state index contributed by atoms with van der Waals surface area (Å²) in [5.41, 5.74) is 6.68. The minimum absolute atomic E-state index is 0.553. The van der Waals surface area contributed by atoms with Gasteiger partial charge < -0.3 is 10.3 Å². The van der Waals surface area contributed by atoms with E-state index in [1.54, 1.807) is 18.7 Å². The van der Waals surface area contributed by atoms with E-state index in [-0.39, 0.29) is 0 Å². The van der Waals surface area contributed by atoms with E-state index < -0.39 is 0 Å². The number of hydrogen-bond acceptors (Lipinski definition) is 3. The van der Waals surface area contributed by atoms with Crippen LogP contribution >= 0.6 is 0 Å². The third-order valence-corrected chi connectivity index (χ3v) is 1.77. The third-order valence-electron chi connectivity index (χ3n) is 1.77. The summed E-state index contributed by atoms with van der Waals surface area (Å²) in [6.45, 7) is 0.784. The highest BCUT2D eigenvalue weighted by Gasteiger charge is 1.94. The van der Waals surface area contributed by atoms with Crippen LogP contribution in [0.1, 0.15) is 5.56 Å². The standard InChI is InChI=1S/C9H10N4/c10-9-5-8(1-2-12-9)6-13-4-3-11-7-13/h1-5,7H,6H2,(H2,10,12). The van der Waals surface area contributed by atoms with Crippen LogP contribution in [0.4, 0.5) is 5.82 Å². The van der Waals surface area contributed by atoms with Crippen molar-refractivity contribution in [2.45, 2.75) is 6.54 Å². The zero-order valence-electron chi connectivity index (χ0n) is 7.09. The highest BCUT2D eigenvalue weighted by molar-refractivity contribution is 5.31. The van der Waals surface area contributed by atoms with Gasteiger partial charge in [0.2, 0.25) is 0 Å². The fraction of sp³-hybridized carbons (Fsp3) is 0.111. The van der Waals surface area contributed by atoms with Crippen LogP contribution in [-0.2, 0) is 6.54 Å². The smallest absolute Gasteiger partial charge is 0.123 e. The number of nitrogens with two attached hydrogens (primary N) is 1. The number of rotatable bonds is 2. The van der Waals surface area contributed by atoms with Crippen LogP contribution in [0.15, 0.2) is 37.1 Å². The van der Waals surface area contributed by atoms with Crippen molar-refractivity contribution in [1.29, 1.82) is 0 Å². The molecule has 2 N–H and O–H groups in total. The van der Waals surface area contributed by atoms with Crippen molar-refractivity contribution in [3.8, 4) is 0 Å². The van der Waals surface area contributed by atoms with Crippen LogP contribution in [0.25, 0.3) is 0 Å². The SMILES string of the molecule is Nc1cc(Cn2ccnc2)ccn1. The summed E-state index contributed by atoms with van der Waals surface area (Å²) in [5, 5.41) is 0. The minimum atomic E-state index is 0.553. The lowest BCUT2D eigenvalue weighted by molar-refractivity contribution is 0.796. The third kappa shape index (κ3) is 1.84. The van der Waals surface area contributed by atoms with E-state index >= 15 is 0 Å². The van der Waals surface area contributed by atoms with Gasteiger partial charge in [-0.1, -0.05) is 0 Å². The summed E-state index contributed by atoms with van der Waals surface area (Å²) >= 11 is 0. The summed E-state index contributed by atoms with van der Waals surface area (Å²) in [6, 6.07) is 3.80. The van der Waals surface area contributed by atoms with Gasteiger partial charge in [-0.3, -0.25) is 0 Å². The van der Waals surface area contributed by atoms with Gasteiger partial charge in [0.05, 0.1) is 6.33 Å². The van der Waals surface area contributed by atoms with Gasteiger partial charge in [0.15, 0.2) is 0 Å². The van der Waals surface area contributed by atoms with Crippen molar-refractivity contribution >= 4 is 5.82 Å². The molecule has 2 rings (SSSR count). The molecule has 0 spiro atoms. The second kappa shape index (κ2) is 3.26. The van der Waals surface area contributed by atoms with Crippen LogP contribution < -0.4 is 5.73 Å². The zero-order valence-corrected chi connectivity index (χ0v) is 7.09. The van der Waals surface area contributed by atoms with E-state index in [2.05, 4.69) is 9.97 Å². The molecule has 66 valence electrons. The molecule has 0 aromatic carbocycles. The maximum atomic E-state index is 5.55. The summed E-state index contributed by atoms with van der Waals surface area (Å²) in [4.78, 5) is 7.88. The lowest BCUT2D eigenvalue weighted by atomic mass is 10.2. The van der Waals surface area contributed by atoms with Gasteiger partial charge in [0.25, 0.3) is 0 Å². The van der Waals surface area contributed by atoms with Crippen LogP contribution in [0.2, 0.25) is 0 Å². The predicted molar refractivity (Wildman–Crippen MR) is 50.0 cm³/mol. The number of aromatic nitrogens is 3. The van der Waals surface area contributed by atoms with Gasteiger partial charge >= 0.3 is 0 Å². The molecule has 0 saturated heterocycles. The molecule has 0 amide bonds. The van der Waals surface area contributed by atoms with Gasteiger partial charge in [-0.15, -0.1) is 0 Å². The molecule has 0 unspecified atom stereocenters. The van der Waals surface area contributed by atoms with Crippen molar-refractivity contribution in [3.63, 3.8) is 0 Å². The van der Waals surface area contributed by atoms with Gasteiger partial charge in [-0.25, -0.2) is 9.97 Å². The van der Waals surface area contributed by atoms with Crippen LogP contribution in [0.3, 0.4) is 0 Å². The first kappa shape index (κ1) is 7.79. The van der Waals surface area contributed by atoms with Gasteiger partial charge in [0.1, 0.15) is 5.82 Å².